The summed E-state index contributed by atoms with van der Waals surface area (Å²) in [5.41, 5.74) is 2.35. The molecule has 1 aliphatic heterocycles. The molecular formula is C30H39ClN4O5S. The molecule has 1 fully saturated rings. The van der Waals surface area contributed by atoms with Gasteiger partial charge in [-0.2, -0.15) is 0 Å². The minimum atomic E-state index is -3.32. The molecule has 0 radical (unpaired) electrons. The molecule has 2 amide bonds. The molecule has 9 nitrogen and oxygen atoms in total. The van der Waals surface area contributed by atoms with Crippen LogP contribution in [0.15, 0.2) is 72.8 Å². The third-order valence-electron chi connectivity index (χ3n) is 6.85. The monoisotopic (exact) mass is 602 g/mol. The minimum absolute atomic E-state index is 0. The molecule has 3 N–H and O–H groups in total. The van der Waals surface area contributed by atoms with E-state index in [1.54, 1.807) is 48.5 Å². The fourth-order valence-corrected chi connectivity index (χ4v) is 5.33. The van der Waals surface area contributed by atoms with E-state index >= 15 is 0 Å². The number of benzene rings is 3. The molecule has 0 saturated carbocycles. The van der Waals surface area contributed by atoms with Crippen molar-refractivity contribution in [2.24, 2.45) is 0 Å². The van der Waals surface area contributed by atoms with Crippen molar-refractivity contribution in [2.45, 2.75) is 45.2 Å². The van der Waals surface area contributed by atoms with Gasteiger partial charge in [0.2, 0.25) is 10.0 Å². The molecule has 222 valence electrons. The van der Waals surface area contributed by atoms with E-state index in [9.17, 15) is 18.3 Å². The standard InChI is InChI=1S/C30H38N4O5S.ClH/c1-3-4-19-34(30(36)31-24-7-11-27(35)12-8-24)26-17-20-33(21-18-26)22-23-5-13-28(14-6-23)39-29-15-9-25(10-16-29)32-40(2,37)38;/h5-16,26,32,35H,3-4,17-22H2,1-2H3,(H,31,36);1H. The topological polar surface area (TPSA) is 111 Å². The Morgan fingerprint density at radius 1 is 0.951 bits per heavy atom. The second-order valence-electron chi connectivity index (χ2n) is 10.2. The van der Waals surface area contributed by atoms with Crippen LogP contribution >= 0.6 is 12.4 Å². The Morgan fingerprint density at radius 3 is 2.07 bits per heavy atom. The zero-order valence-electron chi connectivity index (χ0n) is 23.5. The van der Waals surface area contributed by atoms with Crippen molar-refractivity contribution in [2.75, 3.05) is 35.9 Å². The van der Waals surface area contributed by atoms with E-state index < -0.39 is 10.0 Å². The summed E-state index contributed by atoms with van der Waals surface area (Å²) >= 11 is 0. The number of amides is 2. The van der Waals surface area contributed by atoms with E-state index in [0.717, 1.165) is 58.1 Å². The van der Waals surface area contributed by atoms with E-state index in [-0.39, 0.29) is 30.2 Å². The lowest BCUT2D eigenvalue weighted by molar-refractivity contribution is 0.122. The number of sulfonamides is 1. The second-order valence-corrected chi connectivity index (χ2v) is 11.9. The highest BCUT2D eigenvalue weighted by Crippen LogP contribution is 2.25. The van der Waals surface area contributed by atoms with E-state index in [0.29, 0.717) is 22.9 Å². The summed E-state index contributed by atoms with van der Waals surface area (Å²) in [5, 5.41) is 12.5. The predicted molar refractivity (Wildman–Crippen MR) is 166 cm³/mol. The molecule has 0 atom stereocenters. The number of likely N-dealkylation sites (tertiary alicyclic amines) is 1. The number of nitrogens with zero attached hydrogens (tertiary/aromatic N) is 2. The number of halogens is 1. The Bertz CT molecular complexity index is 1350. The van der Waals surface area contributed by atoms with Crippen molar-refractivity contribution in [3.63, 3.8) is 0 Å². The average molecular weight is 603 g/mol. The summed E-state index contributed by atoms with van der Waals surface area (Å²) in [6.07, 6.45) is 4.92. The summed E-state index contributed by atoms with van der Waals surface area (Å²) in [5.74, 6) is 1.50. The molecule has 0 spiro atoms. The number of aromatic hydroxyl groups is 1. The quantitative estimate of drug-likeness (QED) is 0.223. The second kappa shape index (κ2) is 15.0. The summed E-state index contributed by atoms with van der Waals surface area (Å²) in [7, 11) is -3.32. The Labute approximate surface area is 249 Å². The van der Waals surface area contributed by atoms with Gasteiger partial charge in [0, 0.05) is 43.6 Å². The number of carbonyl (C=O) groups excluding carboxylic acids is 1. The van der Waals surface area contributed by atoms with Gasteiger partial charge in [0.15, 0.2) is 0 Å². The zero-order valence-corrected chi connectivity index (χ0v) is 25.1. The molecule has 4 rings (SSSR count). The van der Waals surface area contributed by atoms with Crippen LogP contribution in [0.4, 0.5) is 16.2 Å². The summed E-state index contributed by atoms with van der Waals surface area (Å²) < 4.78 is 31.1. The van der Waals surface area contributed by atoms with Gasteiger partial charge in [0.05, 0.1) is 6.26 Å². The number of phenols is 1. The van der Waals surface area contributed by atoms with Crippen molar-refractivity contribution in [1.29, 1.82) is 0 Å². The number of ether oxygens (including phenoxy) is 1. The number of rotatable bonds is 11. The van der Waals surface area contributed by atoms with E-state index in [2.05, 4.69) is 34.0 Å². The van der Waals surface area contributed by atoms with Crippen molar-refractivity contribution in [3.8, 4) is 17.2 Å². The summed E-state index contributed by atoms with van der Waals surface area (Å²) in [4.78, 5) is 17.5. The third kappa shape index (κ3) is 10.1. The normalized spacial score (nSPS) is 14.1. The Balaban J connectivity index is 0.00000462. The number of piperidine rings is 1. The number of hydrogen-bond acceptors (Lipinski definition) is 6. The molecule has 11 heteroatoms. The van der Waals surface area contributed by atoms with Crippen LogP contribution in [0, 0.1) is 0 Å². The largest absolute Gasteiger partial charge is 0.508 e. The summed E-state index contributed by atoms with van der Waals surface area (Å²) in [6, 6.07) is 21.4. The molecule has 1 heterocycles. The van der Waals surface area contributed by atoms with Gasteiger partial charge >= 0.3 is 6.03 Å². The number of unbranched alkanes of at least 4 members (excludes halogenated alkanes) is 1. The van der Waals surface area contributed by atoms with Crippen LogP contribution in [0.25, 0.3) is 0 Å². The molecular weight excluding hydrogens is 564 g/mol. The van der Waals surface area contributed by atoms with Crippen molar-refractivity contribution in [1.82, 2.24) is 9.80 Å². The predicted octanol–water partition coefficient (Wildman–Crippen LogP) is 6.28. The first-order valence-electron chi connectivity index (χ1n) is 13.6. The minimum Gasteiger partial charge on any atom is -0.508 e. The zero-order chi connectivity index (χ0) is 28.5. The van der Waals surface area contributed by atoms with Gasteiger partial charge in [-0.15, -0.1) is 12.4 Å². The lowest BCUT2D eigenvalue weighted by Crippen LogP contribution is -2.49. The van der Waals surface area contributed by atoms with Crippen LogP contribution in [-0.2, 0) is 16.6 Å². The van der Waals surface area contributed by atoms with E-state index in [1.165, 1.54) is 5.56 Å². The molecule has 3 aromatic rings. The Morgan fingerprint density at radius 2 is 1.51 bits per heavy atom. The number of urea groups is 1. The van der Waals surface area contributed by atoms with Crippen LogP contribution in [0.1, 0.15) is 38.2 Å². The molecule has 3 aromatic carbocycles. The van der Waals surface area contributed by atoms with Gasteiger partial charge in [-0.1, -0.05) is 25.5 Å². The molecule has 1 saturated heterocycles. The lowest BCUT2D eigenvalue weighted by Gasteiger charge is -2.38. The van der Waals surface area contributed by atoms with Gasteiger partial charge in [-0.25, -0.2) is 13.2 Å². The fraction of sp³-hybridized carbons (Fsp3) is 0.367. The highest BCUT2D eigenvalue weighted by atomic mass is 35.5. The Hall–Kier alpha value is -3.47. The van der Waals surface area contributed by atoms with E-state index in [4.69, 9.17) is 4.74 Å². The van der Waals surface area contributed by atoms with Gasteiger partial charge in [0.25, 0.3) is 0 Å². The highest BCUT2D eigenvalue weighted by Gasteiger charge is 2.27. The van der Waals surface area contributed by atoms with Crippen molar-refractivity contribution < 1.29 is 23.1 Å². The first-order chi connectivity index (χ1) is 19.2. The fourth-order valence-electron chi connectivity index (χ4n) is 4.77. The lowest BCUT2D eigenvalue weighted by atomic mass is 10.0. The van der Waals surface area contributed by atoms with Crippen LogP contribution in [0.5, 0.6) is 17.2 Å². The van der Waals surface area contributed by atoms with Gasteiger partial charge in [-0.3, -0.25) is 9.62 Å². The molecule has 1 aliphatic rings. The maximum Gasteiger partial charge on any atom is 0.322 e. The molecule has 0 aliphatic carbocycles. The SMILES string of the molecule is CCCCN(C(=O)Nc1ccc(O)cc1)C1CCN(Cc2ccc(Oc3ccc(NS(C)(=O)=O)cc3)cc2)CC1.Cl. The number of carbonyl (C=O) groups is 1. The third-order valence-corrected chi connectivity index (χ3v) is 7.46. The van der Waals surface area contributed by atoms with Crippen LogP contribution in [0.3, 0.4) is 0 Å². The summed E-state index contributed by atoms with van der Waals surface area (Å²) in [6.45, 7) is 5.50. The molecule has 0 unspecified atom stereocenters. The Kier molecular flexibility index (Phi) is 11.7. The maximum atomic E-state index is 13.1. The highest BCUT2D eigenvalue weighted by molar-refractivity contribution is 7.92. The first-order valence-corrected chi connectivity index (χ1v) is 15.5. The average Bonchev–Trinajstić information content (AvgIpc) is 2.92. The smallest absolute Gasteiger partial charge is 0.322 e. The maximum absolute atomic E-state index is 13.1. The van der Waals surface area contributed by atoms with Gasteiger partial charge in [0.1, 0.15) is 17.2 Å². The molecule has 0 aromatic heterocycles. The van der Waals surface area contributed by atoms with Crippen LogP contribution in [0.2, 0.25) is 0 Å². The van der Waals surface area contributed by atoms with E-state index in [1.807, 2.05) is 17.0 Å². The van der Waals surface area contributed by atoms with Crippen molar-refractivity contribution in [3.05, 3.63) is 78.4 Å². The van der Waals surface area contributed by atoms with Crippen LogP contribution in [-0.4, -0.2) is 61.3 Å². The number of anilines is 2. The van der Waals surface area contributed by atoms with Crippen molar-refractivity contribution >= 4 is 39.8 Å². The van der Waals surface area contributed by atoms with Gasteiger partial charge < -0.3 is 20.1 Å². The van der Waals surface area contributed by atoms with Gasteiger partial charge in [-0.05, 0) is 85.5 Å². The molecule has 41 heavy (non-hydrogen) atoms. The first kappa shape index (κ1) is 32.0. The molecule has 0 bridgehead atoms. The van der Waals surface area contributed by atoms with Crippen LogP contribution < -0.4 is 14.8 Å². The number of hydrogen-bond donors (Lipinski definition) is 3. The number of nitrogens with one attached hydrogen (secondary N) is 2. The number of phenolic OH excluding ortho intramolecular Hbond substituents is 1.